The van der Waals surface area contributed by atoms with Crippen molar-refractivity contribution in [3.63, 3.8) is 0 Å². The van der Waals surface area contributed by atoms with Crippen molar-refractivity contribution in [2.24, 2.45) is 0 Å². The Balaban J connectivity index is 1.13. The van der Waals surface area contributed by atoms with Crippen LogP contribution in [-0.4, -0.2) is 37.0 Å². The van der Waals surface area contributed by atoms with E-state index in [9.17, 15) is 4.79 Å². The number of piperazine rings is 1. The Morgan fingerprint density at radius 3 is 2.23 bits per heavy atom. The lowest BCUT2D eigenvalue weighted by atomic mass is 10.2. The summed E-state index contributed by atoms with van der Waals surface area (Å²) in [6, 6.07) is 30.7. The molecule has 4 aromatic rings. The van der Waals surface area contributed by atoms with E-state index in [1.807, 2.05) is 36.4 Å². The number of thioether (sulfide) groups is 1. The lowest BCUT2D eigenvalue weighted by molar-refractivity contribution is 0.0996. The summed E-state index contributed by atoms with van der Waals surface area (Å²) in [5.41, 5.74) is 4.20. The molecule has 1 aliphatic heterocycles. The van der Waals surface area contributed by atoms with Crippen molar-refractivity contribution in [3.05, 3.63) is 114 Å². The minimum atomic E-state index is -0.221. The molecule has 1 N–H and O–H groups in total. The van der Waals surface area contributed by atoms with Gasteiger partial charge in [0.25, 0.3) is 5.91 Å². The number of benzene rings is 3. The van der Waals surface area contributed by atoms with E-state index in [2.05, 4.69) is 69.7 Å². The Kier molecular flexibility index (Phi) is 7.51. The fraction of sp³-hybridized carbons (Fsp3) is 0.207. The average molecular weight is 484 g/mol. The Morgan fingerprint density at radius 2 is 1.51 bits per heavy atom. The quantitative estimate of drug-likeness (QED) is 0.305. The van der Waals surface area contributed by atoms with Gasteiger partial charge in [0.1, 0.15) is 0 Å². The van der Waals surface area contributed by atoms with Crippen LogP contribution < -0.4 is 10.2 Å². The van der Waals surface area contributed by atoms with E-state index in [1.54, 1.807) is 18.0 Å². The van der Waals surface area contributed by atoms with Crippen molar-refractivity contribution in [2.75, 3.05) is 36.4 Å². The number of carbonyl (C=O) groups excluding carboxylic acids is 1. The van der Waals surface area contributed by atoms with Crippen LogP contribution in [0.4, 0.5) is 11.4 Å². The third-order valence-electron chi connectivity index (χ3n) is 6.20. The van der Waals surface area contributed by atoms with E-state index in [4.69, 9.17) is 4.42 Å². The zero-order valence-electron chi connectivity index (χ0n) is 19.6. The first-order valence-electron chi connectivity index (χ1n) is 11.9. The van der Waals surface area contributed by atoms with Crippen LogP contribution in [0.25, 0.3) is 0 Å². The lowest BCUT2D eigenvalue weighted by Gasteiger charge is -2.36. The fourth-order valence-electron chi connectivity index (χ4n) is 4.28. The molecule has 5 rings (SSSR count). The monoisotopic (exact) mass is 483 g/mol. The van der Waals surface area contributed by atoms with Crippen molar-refractivity contribution in [1.82, 2.24) is 4.90 Å². The Labute approximate surface area is 210 Å². The second-order valence-electron chi connectivity index (χ2n) is 8.63. The molecule has 0 unspecified atom stereocenters. The van der Waals surface area contributed by atoms with Gasteiger partial charge in [-0.05, 0) is 48.0 Å². The second kappa shape index (κ2) is 11.3. The molecular formula is C29H29N3O2S. The van der Waals surface area contributed by atoms with Gasteiger partial charge in [-0.15, -0.1) is 11.8 Å². The van der Waals surface area contributed by atoms with Gasteiger partial charge in [-0.2, -0.15) is 0 Å². The molecule has 3 aromatic carbocycles. The third kappa shape index (κ3) is 6.15. The van der Waals surface area contributed by atoms with Crippen molar-refractivity contribution in [2.45, 2.75) is 17.2 Å². The van der Waals surface area contributed by atoms with Crippen molar-refractivity contribution in [3.8, 4) is 0 Å². The lowest BCUT2D eigenvalue weighted by Crippen LogP contribution is -2.45. The SMILES string of the molecule is O=C(Nc1ccc(N2CCN(Cc3ccccc3)CC2)cc1)c1occc1CSc1ccccc1. The molecule has 1 aliphatic rings. The largest absolute Gasteiger partial charge is 0.459 e. The molecule has 178 valence electrons. The van der Waals surface area contributed by atoms with Gasteiger partial charge in [-0.25, -0.2) is 0 Å². The maximum Gasteiger partial charge on any atom is 0.291 e. The van der Waals surface area contributed by atoms with E-state index in [0.29, 0.717) is 11.5 Å². The molecule has 0 bridgehead atoms. The molecule has 1 fully saturated rings. The van der Waals surface area contributed by atoms with Crippen molar-refractivity contribution in [1.29, 1.82) is 0 Å². The Morgan fingerprint density at radius 1 is 0.829 bits per heavy atom. The molecule has 0 radical (unpaired) electrons. The van der Waals surface area contributed by atoms with Crippen LogP contribution in [0, 0.1) is 0 Å². The predicted octanol–water partition coefficient (Wildman–Crippen LogP) is 6.15. The average Bonchev–Trinajstić information content (AvgIpc) is 3.39. The molecule has 6 heteroatoms. The molecule has 1 amide bonds. The molecule has 0 atom stereocenters. The van der Waals surface area contributed by atoms with Crippen molar-refractivity contribution >= 4 is 29.0 Å². The maximum atomic E-state index is 12.9. The highest BCUT2D eigenvalue weighted by Crippen LogP contribution is 2.26. The van der Waals surface area contributed by atoms with E-state index in [0.717, 1.165) is 48.9 Å². The van der Waals surface area contributed by atoms with Crippen LogP contribution in [-0.2, 0) is 12.3 Å². The fourth-order valence-corrected chi connectivity index (χ4v) is 5.17. The second-order valence-corrected chi connectivity index (χ2v) is 9.68. The van der Waals surface area contributed by atoms with E-state index < -0.39 is 0 Å². The number of anilines is 2. The highest BCUT2D eigenvalue weighted by Gasteiger charge is 2.18. The molecule has 35 heavy (non-hydrogen) atoms. The number of amides is 1. The van der Waals surface area contributed by atoms with Gasteiger partial charge in [-0.3, -0.25) is 9.69 Å². The number of rotatable bonds is 8. The number of hydrogen-bond acceptors (Lipinski definition) is 5. The maximum absolute atomic E-state index is 12.9. The summed E-state index contributed by atoms with van der Waals surface area (Å²) in [5, 5.41) is 2.98. The first kappa shape index (κ1) is 23.3. The first-order valence-corrected chi connectivity index (χ1v) is 12.9. The number of hydrogen-bond donors (Lipinski definition) is 1. The molecular weight excluding hydrogens is 454 g/mol. The summed E-state index contributed by atoms with van der Waals surface area (Å²) in [6.45, 7) is 5.06. The van der Waals surface area contributed by atoms with Crippen LogP contribution in [0.15, 0.2) is 107 Å². The number of furan rings is 1. The summed E-state index contributed by atoms with van der Waals surface area (Å²) in [7, 11) is 0. The number of nitrogens with one attached hydrogen (secondary N) is 1. The minimum Gasteiger partial charge on any atom is -0.459 e. The van der Waals surface area contributed by atoms with Gasteiger partial charge in [-0.1, -0.05) is 48.5 Å². The zero-order chi connectivity index (χ0) is 23.9. The van der Waals surface area contributed by atoms with Crippen LogP contribution in [0.1, 0.15) is 21.7 Å². The van der Waals surface area contributed by atoms with E-state index in [-0.39, 0.29) is 5.91 Å². The van der Waals surface area contributed by atoms with E-state index >= 15 is 0 Å². The summed E-state index contributed by atoms with van der Waals surface area (Å²) in [6.07, 6.45) is 1.58. The van der Waals surface area contributed by atoms with Gasteiger partial charge in [0, 0.05) is 60.3 Å². The molecule has 5 nitrogen and oxygen atoms in total. The first-order chi connectivity index (χ1) is 17.2. The van der Waals surface area contributed by atoms with Gasteiger partial charge >= 0.3 is 0 Å². The van der Waals surface area contributed by atoms with Crippen LogP contribution in [0.5, 0.6) is 0 Å². The smallest absolute Gasteiger partial charge is 0.291 e. The van der Waals surface area contributed by atoms with E-state index in [1.165, 1.54) is 11.3 Å². The Hall–Kier alpha value is -3.48. The number of nitrogens with zero attached hydrogens (tertiary/aromatic N) is 2. The summed E-state index contributed by atoms with van der Waals surface area (Å²) < 4.78 is 5.52. The molecule has 0 aliphatic carbocycles. The molecule has 1 aromatic heterocycles. The predicted molar refractivity (Wildman–Crippen MR) is 143 cm³/mol. The Bertz CT molecular complexity index is 1220. The summed E-state index contributed by atoms with van der Waals surface area (Å²) in [5.74, 6) is 0.825. The van der Waals surface area contributed by atoms with Gasteiger partial charge < -0.3 is 14.6 Å². The minimum absolute atomic E-state index is 0.221. The zero-order valence-corrected chi connectivity index (χ0v) is 20.4. The molecule has 2 heterocycles. The highest BCUT2D eigenvalue weighted by molar-refractivity contribution is 7.98. The topological polar surface area (TPSA) is 48.7 Å². The van der Waals surface area contributed by atoms with Crippen LogP contribution >= 0.6 is 11.8 Å². The van der Waals surface area contributed by atoms with Crippen LogP contribution in [0.2, 0.25) is 0 Å². The molecule has 0 saturated carbocycles. The highest BCUT2D eigenvalue weighted by atomic mass is 32.2. The molecule has 1 saturated heterocycles. The van der Waals surface area contributed by atoms with Gasteiger partial charge in [0.2, 0.25) is 0 Å². The third-order valence-corrected chi connectivity index (χ3v) is 7.26. The summed E-state index contributed by atoms with van der Waals surface area (Å²) >= 11 is 1.69. The molecule has 0 spiro atoms. The van der Waals surface area contributed by atoms with Crippen LogP contribution in [0.3, 0.4) is 0 Å². The normalized spacial score (nSPS) is 14.1. The summed E-state index contributed by atoms with van der Waals surface area (Å²) in [4.78, 5) is 18.9. The van der Waals surface area contributed by atoms with Gasteiger partial charge in [0.05, 0.1) is 6.26 Å². The number of carbonyl (C=O) groups is 1. The standard InChI is InChI=1S/C29H29N3O2S/c33-29(28-24(15-20-34-28)22-35-27-9-5-2-6-10-27)30-25-11-13-26(14-12-25)32-18-16-31(17-19-32)21-23-7-3-1-4-8-23/h1-15,20H,16-19,21-22H2,(H,30,33). The van der Waals surface area contributed by atoms with Crippen molar-refractivity contribution < 1.29 is 9.21 Å². The van der Waals surface area contributed by atoms with Gasteiger partial charge in [0.15, 0.2) is 5.76 Å².